The van der Waals surface area contributed by atoms with Crippen LogP contribution >= 0.6 is 0 Å². The molecule has 0 heterocycles. The van der Waals surface area contributed by atoms with Gasteiger partial charge in [-0.3, -0.25) is 14.5 Å². The maximum Gasteiger partial charge on any atom is 0.320 e. The maximum atomic E-state index is 11.9. The molecule has 0 aromatic heterocycles. The molecule has 8 nitrogen and oxygen atoms in total. The van der Waals surface area contributed by atoms with Crippen LogP contribution in [0.1, 0.15) is 25.8 Å². The first-order valence-corrected chi connectivity index (χ1v) is 8.81. The summed E-state index contributed by atoms with van der Waals surface area (Å²) in [4.78, 5) is 25.4. The average molecular weight is 383 g/mol. The summed E-state index contributed by atoms with van der Waals surface area (Å²) in [5.41, 5.74) is 0.845. The van der Waals surface area contributed by atoms with Gasteiger partial charge in [-0.15, -0.1) is 0 Å². The summed E-state index contributed by atoms with van der Waals surface area (Å²) in [6.07, 6.45) is 0.178. The lowest BCUT2D eigenvalue weighted by atomic mass is 10.1. The average Bonchev–Trinajstić information content (AvgIpc) is 2.65. The van der Waals surface area contributed by atoms with Gasteiger partial charge in [0.05, 0.1) is 47.5 Å². The number of esters is 2. The molecule has 0 spiro atoms. The van der Waals surface area contributed by atoms with E-state index in [1.54, 1.807) is 13.8 Å². The van der Waals surface area contributed by atoms with Gasteiger partial charge in [0.15, 0.2) is 11.5 Å². The Labute approximate surface area is 160 Å². The summed E-state index contributed by atoms with van der Waals surface area (Å²) in [6, 6.07) is 3.62. The molecule has 1 rings (SSSR count). The van der Waals surface area contributed by atoms with E-state index in [-0.39, 0.29) is 24.9 Å². The molecular formula is C19H29NO7. The van der Waals surface area contributed by atoms with Gasteiger partial charge in [-0.1, -0.05) is 0 Å². The molecule has 0 bridgehead atoms. The van der Waals surface area contributed by atoms with E-state index in [0.29, 0.717) is 43.6 Å². The van der Waals surface area contributed by atoms with Crippen molar-refractivity contribution in [3.8, 4) is 17.2 Å². The van der Waals surface area contributed by atoms with Gasteiger partial charge in [-0.25, -0.2) is 0 Å². The van der Waals surface area contributed by atoms with Gasteiger partial charge < -0.3 is 23.7 Å². The van der Waals surface area contributed by atoms with Gasteiger partial charge in [0, 0.05) is 13.1 Å². The van der Waals surface area contributed by atoms with Crippen molar-refractivity contribution in [2.75, 3.05) is 47.6 Å². The Morgan fingerprint density at radius 2 is 1.44 bits per heavy atom. The summed E-state index contributed by atoms with van der Waals surface area (Å²) < 4.78 is 26.0. The Hall–Kier alpha value is -2.48. The molecule has 0 aliphatic rings. The highest BCUT2D eigenvalue weighted by Gasteiger charge is 2.18. The highest BCUT2D eigenvalue weighted by atomic mass is 16.5. The third-order valence-electron chi connectivity index (χ3n) is 3.73. The van der Waals surface area contributed by atoms with Crippen molar-refractivity contribution in [1.29, 1.82) is 0 Å². The quantitative estimate of drug-likeness (QED) is 0.507. The molecule has 0 atom stereocenters. The number of ether oxygens (including phenoxy) is 5. The number of carbonyl (C=O) groups is 2. The predicted octanol–water partition coefficient (Wildman–Crippen LogP) is 2.03. The Kier molecular flexibility index (Phi) is 10.0. The fourth-order valence-electron chi connectivity index (χ4n) is 2.57. The van der Waals surface area contributed by atoms with Crippen LogP contribution < -0.4 is 14.2 Å². The van der Waals surface area contributed by atoms with Crippen LogP contribution in [-0.4, -0.2) is 64.5 Å². The van der Waals surface area contributed by atoms with Crippen molar-refractivity contribution in [3.63, 3.8) is 0 Å². The molecule has 0 N–H and O–H groups in total. The Balaban J connectivity index is 2.98. The monoisotopic (exact) mass is 383 g/mol. The van der Waals surface area contributed by atoms with Crippen molar-refractivity contribution in [3.05, 3.63) is 17.7 Å². The van der Waals surface area contributed by atoms with E-state index >= 15 is 0 Å². The van der Waals surface area contributed by atoms with Crippen LogP contribution in [0.15, 0.2) is 12.1 Å². The maximum absolute atomic E-state index is 11.9. The van der Waals surface area contributed by atoms with E-state index in [0.717, 1.165) is 5.56 Å². The minimum atomic E-state index is -0.353. The third kappa shape index (κ3) is 7.34. The highest BCUT2D eigenvalue weighted by Crippen LogP contribution is 2.38. The van der Waals surface area contributed by atoms with Gasteiger partial charge >= 0.3 is 11.9 Å². The van der Waals surface area contributed by atoms with Gasteiger partial charge in [-0.05, 0) is 31.5 Å². The van der Waals surface area contributed by atoms with Gasteiger partial charge in [0.1, 0.15) is 0 Å². The van der Waals surface area contributed by atoms with Crippen molar-refractivity contribution >= 4 is 11.9 Å². The molecule has 0 aliphatic carbocycles. The van der Waals surface area contributed by atoms with Crippen LogP contribution in [0.5, 0.6) is 17.2 Å². The highest BCUT2D eigenvalue weighted by molar-refractivity contribution is 5.72. The lowest BCUT2D eigenvalue weighted by molar-refractivity contribution is -0.147. The van der Waals surface area contributed by atoms with Crippen molar-refractivity contribution in [2.24, 2.45) is 0 Å². The van der Waals surface area contributed by atoms with E-state index in [9.17, 15) is 9.59 Å². The smallest absolute Gasteiger partial charge is 0.320 e. The Bertz CT molecular complexity index is 593. The van der Waals surface area contributed by atoms with Gasteiger partial charge in [-0.2, -0.15) is 0 Å². The first-order chi connectivity index (χ1) is 13.0. The molecule has 0 amide bonds. The van der Waals surface area contributed by atoms with Crippen molar-refractivity contribution in [1.82, 2.24) is 4.90 Å². The number of benzene rings is 1. The standard InChI is InChI=1S/C19H29NO7/c1-6-26-17(21)8-9-20(13-18(22)27-7-2)12-14-10-15(23-3)19(25-5)16(11-14)24-4/h10-11H,6-9,12-13H2,1-5H3. The Morgan fingerprint density at radius 3 is 1.93 bits per heavy atom. The zero-order chi connectivity index (χ0) is 20.2. The molecule has 152 valence electrons. The molecule has 1 aromatic carbocycles. The lowest BCUT2D eigenvalue weighted by Gasteiger charge is -2.22. The molecule has 0 saturated heterocycles. The predicted molar refractivity (Wildman–Crippen MR) is 99.3 cm³/mol. The molecule has 0 saturated carbocycles. The topological polar surface area (TPSA) is 83.5 Å². The van der Waals surface area contributed by atoms with E-state index in [2.05, 4.69) is 0 Å². The summed E-state index contributed by atoms with van der Waals surface area (Å²) in [5, 5.41) is 0. The Morgan fingerprint density at radius 1 is 0.889 bits per heavy atom. The molecule has 0 fully saturated rings. The van der Waals surface area contributed by atoms with Crippen molar-refractivity contribution < 1.29 is 33.3 Å². The summed E-state index contributed by atoms with van der Waals surface area (Å²) in [5.74, 6) is 0.874. The number of hydrogen-bond donors (Lipinski definition) is 0. The first kappa shape index (κ1) is 22.6. The zero-order valence-corrected chi connectivity index (χ0v) is 16.7. The van der Waals surface area contributed by atoms with E-state index in [1.807, 2.05) is 17.0 Å². The summed E-state index contributed by atoms with van der Waals surface area (Å²) in [7, 11) is 4.61. The summed E-state index contributed by atoms with van der Waals surface area (Å²) >= 11 is 0. The number of rotatable bonds is 12. The molecule has 8 heteroatoms. The molecule has 0 unspecified atom stereocenters. The first-order valence-electron chi connectivity index (χ1n) is 8.81. The van der Waals surface area contributed by atoms with Crippen LogP contribution in [0.3, 0.4) is 0 Å². The second kappa shape index (κ2) is 12.0. The van der Waals surface area contributed by atoms with Gasteiger partial charge in [0.2, 0.25) is 5.75 Å². The van der Waals surface area contributed by atoms with Gasteiger partial charge in [0.25, 0.3) is 0 Å². The molecule has 0 aliphatic heterocycles. The van der Waals surface area contributed by atoms with Crippen molar-refractivity contribution in [2.45, 2.75) is 26.8 Å². The number of carbonyl (C=O) groups excluding carboxylic acids is 2. The largest absolute Gasteiger partial charge is 0.493 e. The second-order valence-corrected chi connectivity index (χ2v) is 5.60. The summed E-state index contributed by atoms with van der Waals surface area (Å²) in [6.45, 7) is 4.94. The second-order valence-electron chi connectivity index (χ2n) is 5.60. The minimum Gasteiger partial charge on any atom is -0.493 e. The molecule has 1 aromatic rings. The fourth-order valence-corrected chi connectivity index (χ4v) is 2.57. The van der Waals surface area contributed by atoms with Crippen LogP contribution in [0.4, 0.5) is 0 Å². The van der Waals surface area contributed by atoms with E-state index < -0.39 is 0 Å². The minimum absolute atomic E-state index is 0.0594. The molecule has 27 heavy (non-hydrogen) atoms. The SMILES string of the molecule is CCOC(=O)CCN(CC(=O)OCC)Cc1cc(OC)c(OC)c(OC)c1. The van der Waals surface area contributed by atoms with Crippen LogP contribution in [-0.2, 0) is 25.6 Å². The van der Waals surface area contributed by atoms with Crippen LogP contribution in [0, 0.1) is 0 Å². The normalized spacial score (nSPS) is 10.4. The molecular weight excluding hydrogens is 354 g/mol. The number of methoxy groups -OCH3 is 3. The number of nitrogens with zero attached hydrogens (tertiary/aromatic N) is 1. The zero-order valence-electron chi connectivity index (χ0n) is 16.7. The van der Waals surface area contributed by atoms with Crippen LogP contribution in [0.25, 0.3) is 0 Å². The number of hydrogen-bond acceptors (Lipinski definition) is 8. The third-order valence-corrected chi connectivity index (χ3v) is 3.73. The van der Waals surface area contributed by atoms with E-state index in [1.165, 1.54) is 21.3 Å². The fraction of sp³-hybridized carbons (Fsp3) is 0.579. The van der Waals surface area contributed by atoms with E-state index in [4.69, 9.17) is 23.7 Å². The lowest BCUT2D eigenvalue weighted by Crippen LogP contribution is -2.32. The van der Waals surface area contributed by atoms with Crippen LogP contribution in [0.2, 0.25) is 0 Å². The molecule has 0 radical (unpaired) electrons.